The third-order valence-corrected chi connectivity index (χ3v) is 2.94. The molecule has 1 atom stereocenters. The van der Waals surface area contributed by atoms with Crippen LogP contribution in [0.3, 0.4) is 0 Å². The molecule has 0 aromatic carbocycles. The van der Waals surface area contributed by atoms with E-state index in [1.54, 1.807) is 0 Å². The van der Waals surface area contributed by atoms with E-state index < -0.39 is 0 Å². The molecule has 0 saturated carbocycles. The van der Waals surface area contributed by atoms with E-state index in [1.165, 1.54) is 6.42 Å². The van der Waals surface area contributed by atoms with Crippen LogP contribution >= 0.6 is 12.2 Å². The Balaban J connectivity index is 2.27. The summed E-state index contributed by atoms with van der Waals surface area (Å²) in [6.45, 7) is 5.03. The first-order chi connectivity index (χ1) is 5.11. The van der Waals surface area contributed by atoms with E-state index in [-0.39, 0.29) is 5.72 Å². The highest BCUT2D eigenvalue weighted by atomic mass is 32.1. The lowest BCUT2D eigenvalue weighted by Crippen LogP contribution is -2.42. The molecule has 2 fully saturated rings. The van der Waals surface area contributed by atoms with Crippen LogP contribution < -0.4 is 0 Å². The van der Waals surface area contributed by atoms with Crippen LogP contribution in [0.2, 0.25) is 0 Å². The highest BCUT2D eigenvalue weighted by molar-refractivity contribution is 7.80. The molecule has 2 aliphatic rings. The summed E-state index contributed by atoms with van der Waals surface area (Å²) < 4.78 is 5.62. The van der Waals surface area contributed by atoms with Gasteiger partial charge in [0.05, 0.1) is 17.6 Å². The van der Waals surface area contributed by atoms with Crippen molar-refractivity contribution in [3.05, 3.63) is 0 Å². The average Bonchev–Trinajstić information content (AvgIpc) is 2.38. The Morgan fingerprint density at radius 2 is 2.36 bits per heavy atom. The fraction of sp³-hybridized carbons (Fsp3) is 0.875. The van der Waals surface area contributed by atoms with Crippen LogP contribution in [0.5, 0.6) is 0 Å². The second-order valence-electron chi connectivity index (χ2n) is 3.71. The van der Waals surface area contributed by atoms with Crippen molar-refractivity contribution in [2.75, 3.05) is 6.61 Å². The van der Waals surface area contributed by atoms with Crippen molar-refractivity contribution in [3.63, 3.8) is 0 Å². The number of rotatable bonds is 0. The Labute approximate surface area is 72.5 Å². The van der Waals surface area contributed by atoms with E-state index in [9.17, 15) is 0 Å². The Kier molecular flexibility index (Phi) is 1.48. The van der Waals surface area contributed by atoms with Crippen molar-refractivity contribution < 1.29 is 4.74 Å². The van der Waals surface area contributed by atoms with E-state index in [0.29, 0.717) is 6.04 Å². The molecule has 2 saturated heterocycles. The minimum absolute atomic E-state index is 0.141. The van der Waals surface area contributed by atoms with Crippen LogP contribution in [0.4, 0.5) is 0 Å². The zero-order valence-electron chi connectivity index (χ0n) is 6.96. The van der Waals surface area contributed by atoms with Gasteiger partial charge in [0.2, 0.25) is 0 Å². The molecule has 2 heterocycles. The second kappa shape index (κ2) is 2.17. The van der Waals surface area contributed by atoms with Gasteiger partial charge in [0.1, 0.15) is 5.72 Å². The molecule has 0 amide bonds. The molecular weight excluding hydrogens is 158 g/mol. The first-order valence-corrected chi connectivity index (χ1v) is 4.48. The molecule has 0 aromatic heterocycles. The molecule has 0 aromatic rings. The monoisotopic (exact) mass is 171 g/mol. The summed E-state index contributed by atoms with van der Waals surface area (Å²) in [4.78, 5) is 3.33. The highest BCUT2D eigenvalue weighted by Gasteiger charge is 2.44. The standard InChI is InChI=1S/C8H13NOS/c1-8(2)9-6(5-10-8)3-4-7(9)11/h6H,3-5H2,1-2H3/t6-/m0/s1. The van der Waals surface area contributed by atoms with Gasteiger partial charge in [0.15, 0.2) is 0 Å². The lowest BCUT2D eigenvalue weighted by atomic mass is 10.2. The third-order valence-electron chi connectivity index (χ3n) is 2.53. The number of hydrogen-bond acceptors (Lipinski definition) is 2. The Hall–Kier alpha value is -0.150. The molecule has 0 bridgehead atoms. The molecule has 0 spiro atoms. The molecule has 0 N–H and O–H groups in total. The molecule has 2 aliphatic heterocycles. The van der Waals surface area contributed by atoms with Gasteiger partial charge in [-0.25, -0.2) is 0 Å². The normalized spacial score (nSPS) is 34.5. The fourth-order valence-corrected chi connectivity index (χ4v) is 2.50. The first-order valence-electron chi connectivity index (χ1n) is 4.07. The zero-order chi connectivity index (χ0) is 8.06. The smallest absolute Gasteiger partial charge is 0.136 e. The van der Waals surface area contributed by atoms with Crippen molar-refractivity contribution in [1.29, 1.82) is 0 Å². The summed E-state index contributed by atoms with van der Waals surface area (Å²) in [7, 11) is 0. The van der Waals surface area contributed by atoms with Gasteiger partial charge in [-0.2, -0.15) is 0 Å². The van der Waals surface area contributed by atoms with Crippen LogP contribution in [0.25, 0.3) is 0 Å². The lowest BCUT2D eigenvalue weighted by molar-refractivity contribution is -0.0201. The first kappa shape index (κ1) is 7.50. The fourth-order valence-electron chi connectivity index (χ4n) is 2.01. The van der Waals surface area contributed by atoms with Gasteiger partial charge in [-0.1, -0.05) is 12.2 Å². The average molecular weight is 171 g/mol. The predicted octanol–water partition coefficient (Wildman–Crippen LogP) is 1.54. The van der Waals surface area contributed by atoms with E-state index in [4.69, 9.17) is 17.0 Å². The lowest BCUT2D eigenvalue weighted by Gasteiger charge is -2.30. The minimum Gasteiger partial charge on any atom is -0.354 e. The molecular formula is C8H13NOS. The maximum absolute atomic E-state index is 5.62. The Morgan fingerprint density at radius 3 is 3.00 bits per heavy atom. The van der Waals surface area contributed by atoms with Crippen LogP contribution in [0.15, 0.2) is 0 Å². The largest absolute Gasteiger partial charge is 0.354 e. The van der Waals surface area contributed by atoms with Gasteiger partial charge in [-0.3, -0.25) is 0 Å². The molecule has 0 aliphatic carbocycles. The van der Waals surface area contributed by atoms with E-state index in [0.717, 1.165) is 18.0 Å². The predicted molar refractivity (Wildman–Crippen MR) is 47.5 cm³/mol. The maximum Gasteiger partial charge on any atom is 0.136 e. The van der Waals surface area contributed by atoms with Crippen LogP contribution in [-0.2, 0) is 4.74 Å². The van der Waals surface area contributed by atoms with Gasteiger partial charge in [0, 0.05) is 6.42 Å². The van der Waals surface area contributed by atoms with Gasteiger partial charge in [0.25, 0.3) is 0 Å². The minimum atomic E-state index is -0.141. The molecule has 62 valence electrons. The number of thiocarbonyl (C=S) groups is 1. The molecule has 3 heteroatoms. The van der Waals surface area contributed by atoms with Crippen LogP contribution in [-0.4, -0.2) is 28.3 Å². The van der Waals surface area contributed by atoms with E-state index >= 15 is 0 Å². The quantitative estimate of drug-likeness (QED) is 0.513. The van der Waals surface area contributed by atoms with Gasteiger partial charge >= 0.3 is 0 Å². The van der Waals surface area contributed by atoms with E-state index in [1.807, 2.05) is 0 Å². The van der Waals surface area contributed by atoms with Gasteiger partial charge in [-0.05, 0) is 20.3 Å². The van der Waals surface area contributed by atoms with Gasteiger partial charge in [-0.15, -0.1) is 0 Å². The molecule has 0 radical (unpaired) electrons. The second-order valence-corrected chi connectivity index (χ2v) is 4.19. The number of hydrogen-bond donors (Lipinski definition) is 0. The SMILES string of the molecule is CC1(C)OC[C@@H]2CCC(=S)N21. The Morgan fingerprint density at radius 1 is 1.64 bits per heavy atom. The van der Waals surface area contributed by atoms with Crippen molar-refractivity contribution in [2.24, 2.45) is 0 Å². The zero-order valence-corrected chi connectivity index (χ0v) is 7.78. The van der Waals surface area contributed by atoms with Crippen LogP contribution in [0, 0.1) is 0 Å². The van der Waals surface area contributed by atoms with Crippen LogP contribution in [0.1, 0.15) is 26.7 Å². The molecule has 2 nitrogen and oxygen atoms in total. The van der Waals surface area contributed by atoms with Crippen molar-refractivity contribution in [3.8, 4) is 0 Å². The topological polar surface area (TPSA) is 12.5 Å². The van der Waals surface area contributed by atoms with E-state index in [2.05, 4.69) is 18.7 Å². The summed E-state index contributed by atoms with van der Waals surface area (Å²) in [6, 6.07) is 0.567. The molecule has 2 rings (SSSR count). The summed E-state index contributed by atoms with van der Waals surface area (Å²) in [6.07, 6.45) is 2.26. The van der Waals surface area contributed by atoms with Gasteiger partial charge < -0.3 is 9.64 Å². The Bertz CT molecular complexity index is 202. The number of ether oxygens (including phenoxy) is 1. The molecule has 11 heavy (non-hydrogen) atoms. The number of fused-ring (bicyclic) bond motifs is 1. The van der Waals surface area contributed by atoms with Crippen molar-refractivity contribution in [2.45, 2.75) is 38.5 Å². The summed E-state index contributed by atoms with van der Waals surface area (Å²) in [5, 5.41) is 0. The highest BCUT2D eigenvalue weighted by Crippen LogP contribution is 2.35. The van der Waals surface area contributed by atoms with Crippen molar-refractivity contribution in [1.82, 2.24) is 4.90 Å². The van der Waals surface area contributed by atoms with Crippen molar-refractivity contribution >= 4 is 17.2 Å². The number of nitrogens with zero attached hydrogens (tertiary/aromatic N) is 1. The molecule has 0 unspecified atom stereocenters. The summed E-state index contributed by atoms with van der Waals surface area (Å²) >= 11 is 5.25. The maximum atomic E-state index is 5.62. The summed E-state index contributed by atoms with van der Waals surface area (Å²) in [5.41, 5.74) is -0.141. The summed E-state index contributed by atoms with van der Waals surface area (Å²) in [5.74, 6) is 0. The third kappa shape index (κ3) is 0.983.